The Morgan fingerprint density at radius 2 is 0.508 bits per heavy atom. The first-order valence-corrected chi connectivity index (χ1v) is 43.0. The number of aromatic nitrogens is 12. The molecule has 0 aliphatic carbocycles. The van der Waals surface area contributed by atoms with Gasteiger partial charge in [-0.2, -0.15) is 0 Å². The summed E-state index contributed by atoms with van der Waals surface area (Å²) in [6.07, 6.45) is 9.90. The van der Waals surface area contributed by atoms with Gasteiger partial charge in [0.1, 0.15) is 28.3 Å². The molecule has 0 saturated heterocycles. The average Bonchev–Trinajstić information content (AvgIpc) is 1.50. The summed E-state index contributed by atoms with van der Waals surface area (Å²) in [4.78, 5) is 47.7. The highest BCUT2D eigenvalue weighted by molar-refractivity contribution is 6.27. The lowest BCUT2D eigenvalue weighted by Crippen LogP contribution is -2.09. The van der Waals surface area contributed by atoms with E-state index in [0.717, 1.165) is 188 Å². The van der Waals surface area contributed by atoms with E-state index in [1.165, 1.54) is 54.6 Å². The van der Waals surface area contributed by atoms with Crippen LogP contribution in [0.1, 0.15) is 0 Å². The molecular weight excluding hydrogens is 1560 g/mol. The number of anilines is 3. The zero-order chi connectivity index (χ0) is 84.3. The monoisotopic (exact) mass is 1630 g/mol. The minimum absolute atomic E-state index is 0.771. The van der Waals surface area contributed by atoms with Crippen LogP contribution in [-0.4, -0.2) is 58.1 Å². The first-order valence-electron chi connectivity index (χ1n) is 43.0. The Labute approximate surface area is 732 Å². The Morgan fingerprint density at radius 3 is 0.938 bits per heavy atom. The summed E-state index contributed by atoms with van der Waals surface area (Å²) in [7, 11) is 0. The largest absolute Gasteiger partial charge is 0.311 e. The van der Waals surface area contributed by atoms with Crippen molar-refractivity contribution in [3.63, 3.8) is 0 Å². The molecule has 0 N–H and O–H groups in total. The van der Waals surface area contributed by atoms with Crippen molar-refractivity contribution in [2.75, 3.05) is 4.90 Å². The predicted molar refractivity (Wildman–Crippen MR) is 527 cm³/mol. The molecule has 0 atom stereocenters. The summed E-state index contributed by atoms with van der Waals surface area (Å²) >= 11 is 0. The second-order valence-electron chi connectivity index (χ2n) is 32.3. The van der Waals surface area contributed by atoms with Gasteiger partial charge in [-0.05, 0) is 193 Å². The number of nitrogens with zero attached hydrogens (tertiary/aromatic N) is 13. The van der Waals surface area contributed by atoms with E-state index in [0.29, 0.717) is 0 Å². The van der Waals surface area contributed by atoms with Gasteiger partial charge in [0.05, 0.1) is 77.9 Å². The van der Waals surface area contributed by atoms with Crippen LogP contribution in [0.3, 0.4) is 0 Å². The van der Waals surface area contributed by atoms with Crippen LogP contribution < -0.4 is 4.90 Å². The summed E-state index contributed by atoms with van der Waals surface area (Å²) in [6, 6.07) is 140. The maximum absolute atomic E-state index is 5.32. The molecule has 10 aromatic heterocycles. The van der Waals surface area contributed by atoms with E-state index >= 15 is 0 Å². The summed E-state index contributed by atoms with van der Waals surface area (Å²) in [6.45, 7) is 0. The van der Waals surface area contributed by atoms with Crippen molar-refractivity contribution in [2.24, 2.45) is 0 Å². The van der Waals surface area contributed by atoms with E-state index in [2.05, 4.69) is 386 Å². The van der Waals surface area contributed by atoms with Gasteiger partial charge < -0.3 is 4.90 Å². The lowest BCUT2D eigenvalue weighted by molar-refractivity contribution is 1.23. The Balaban J connectivity index is 0.000000104. The number of benzene rings is 17. The van der Waals surface area contributed by atoms with Gasteiger partial charge in [-0.1, -0.05) is 273 Å². The molecule has 0 saturated carbocycles. The molecule has 0 aliphatic heterocycles. The van der Waals surface area contributed by atoms with Gasteiger partial charge in [0.2, 0.25) is 0 Å². The highest BCUT2D eigenvalue weighted by Gasteiger charge is 2.24. The van der Waals surface area contributed by atoms with Gasteiger partial charge in [0, 0.05) is 102 Å². The zero-order valence-electron chi connectivity index (χ0n) is 68.8. The highest BCUT2D eigenvalue weighted by Crippen LogP contribution is 2.45. The summed E-state index contributed by atoms with van der Waals surface area (Å²) in [5.41, 5.74) is 27.7. The van der Waals surface area contributed by atoms with Crippen molar-refractivity contribution >= 4 is 175 Å². The van der Waals surface area contributed by atoms with E-state index in [4.69, 9.17) is 34.9 Å². The van der Waals surface area contributed by atoms with Crippen LogP contribution in [-0.2, 0) is 0 Å². The topological polar surface area (TPSA) is 132 Å². The van der Waals surface area contributed by atoms with E-state index in [1.807, 2.05) is 66.9 Å². The van der Waals surface area contributed by atoms with Gasteiger partial charge in [0.25, 0.3) is 0 Å². The molecule has 10 heterocycles. The first-order chi connectivity index (χ1) is 63.5. The predicted octanol–water partition coefficient (Wildman–Crippen LogP) is 28.8. The van der Waals surface area contributed by atoms with E-state index < -0.39 is 0 Å². The maximum atomic E-state index is 5.32. The van der Waals surface area contributed by atoms with Crippen molar-refractivity contribution < 1.29 is 0 Å². The average molecular weight is 1630 g/mol. The number of fused-ring (bicyclic) bond motifs is 30. The molecule has 596 valence electrons. The SMILES string of the molecule is c1ccc(-c2nc3c(ccc4ccccc43)nc2-c2ccc3c(c2)c2ccccc2c2nc4ccccn4c32)nc1.c1ccc(-c2nc3ccc4ccccc4c3nc2-c2ccc3c(c2)c2ccccc2c2nc4ccccn4c32)nc1.c1ccc(N(c2ccccc2)c2ccc(-c3ccc(-c4ccc5c(c4)c4ccccc4c4nc6ccccn6c54)cc3)cc2)cc1. The lowest BCUT2D eigenvalue weighted by atomic mass is 9.95. The van der Waals surface area contributed by atoms with Gasteiger partial charge in [-0.25, -0.2) is 34.9 Å². The van der Waals surface area contributed by atoms with Crippen molar-refractivity contribution in [3.8, 4) is 67.5 Å². The third kappa shape index (κ3) is 12.3. The molecule has 27 rings (SSSR count). The summed E-state index contributed by atoms with van der Waals surface area (Å²) < 4.78 is 6.58. The number of hydrogen-bond donors (Lipinski definition) is 0. The normalized spacial score (nSPS) is 11.8. The summed E-state index contributed by atoms with van der Waals surface area (Å²) in [5, 5.41) is 18.5. The zero-order valence-corrected chi connectivity index (χ0v) is 68.8. The Kier molecular flexibility index (Phi) is 17.3. The third-order valence-corrected chi connectivity index (χ3v) is 25.0. The van der Waals surface area contributed by atoms with Crippen LogP contribution in [0.15, 0.2) is 431 Å². The van der Waals surface area contributed by atoms with E-state index in [9.17, 15) is 0 Å². The second-order valence-corrected chi connectivity index (χ2v) is 32.3. The fourth-order valence-corrected chi connectivity index (χ4v) is 19.1. The van der Waals surface area contributed by atoms with Crippen LogP contribution in [0.4, 0.5) is 17.1 Å². The minimum atomic E-state index is 0.771. The van der Waals surface area contributed by atoms with Gasteiger partial charge in [-0.3, -0.25) is 23.2 Å². The fourth-order valence-electron chi connectivity index (χ4n) is 19.1. The number of pyridine rings is 5. The lowest BCUT2D eigenvalue weighted by Gasteiger charge is -2.25. The molecule has 13 nitrogen and oxygen atoms in total. The highest BCUT2D eigenvalue weighted by atomic mass is 15.1. The van der Waals surface area contributed by atoms with Crippen molar-refractivity contribution in [2.45, 2.75) is 0 Å². The molecule has 0 amide bonds. The molecule has 27 aromatic rings. The van der Waals surface area contributed by atoms with Crippen LogP contribution >= 0.6 is 0 Å². The van der Waals surface area contributed by atoms with Crippen molar-refractivity contribution in [1.29, 1.82) is 0 Å². The molecule has 0 fully saturated rings. The molecule has 0 bridgehead atoms. The number of rotatable bonds is 9. The quantitative estimate of drug-likeness (QED) is 0.129. The summed E-state index contributed by atoms with van der Waals surface area (Å²) in [5.74, 6) is 0. The van der Waals surface area contributed by atoms with Crippen molar-refractivity contribution in [1.82, 2.24) is 58.1 Å². The molecule has 17 aromatic carbocycles. The number of para-hydroxylation sites is 2. The maximum Gasteiger partial charge on any atom is 0.137 e. The second kappa shape index (κ2) is 30.2. The van der Waals surface area contributed by atoms with Gasteiger partial charge >= 0.3 is 0 Å². The first kappa shape index (κ1) is 73.2. The molecule has 0 spiro atoms. The third-order valence-electron chi connectivity index (χ3n) is 25.0. The minimum Gasteiger partial charge on any atom is -0.311 e. The molecule has 0 unspecified atom stereocenters. The van der Waals surface area contributed by atoms with E-state index in [1.54, 1.807) is 6.20 Å². The Hall–Kier alpha value is -17.6. The molecular formula is C115H71N13. The van der Waals surface area contributed by atoms with Gasteiger partial charge in [-0.15, -0.1) is 0 Å². The van der Waals surface area contributed by atoms with E-state index in [-0.39, 0.29) is 0 Å². The number of hydrogen-bond acceptors (Lipinski definition) is 10. The van der Waals surface area contributed by atoms with Crippen LogP contribution in [0, 0.1) is 0 Å². The van der Waals surface area contributed by atoms with Crippen LogP contribution in [0.5, 0.6) is 0 Å². The molecule has 13 heteroatoms. The van der Waals surface area contributed by atoms with Crippen LogP contribution in [0.2, 0.25) is 0 Å². The Morgan fingerprint density at radius 1 is 0.188 bits per heavy atom. The molecule has 128 heavy (non-hydrogen) atoms. The fraction of sp³-hybridized carbons (Fsp3) is 0. The standard InChI is InChI=1S/C43H29N3.2C36H21N5/c1-3-11-34(12-4-1)46(35-13-5-2-6-14-35)36-25-22-31(23-26-36)30-18-20-32(21-19-30)33-24-27-39-40(29-33)37-15-7-8-16-38(37)42-43(39)45-28-10-9-17-41(45)44-42;1-2-10-24-22(9-1)16-18-30-33(24)40-32(35(38-30)29-13-5-7-19-37-29)23-15-17-27-28(21-23)25-11-3-4-12-26(25)34-36(27)41-20-8-6-14-31(41)39-34;1-2-10-24-22(9-1)16-18-30-33(24)40-35(29-13-5-7-19-37-29)32(38-30)23-15-17-27-28(21-23)25-11-3-4-12-26(25)34-36(27)41-20-8-6-14-31(41)39-34/h1-29H;2*1-21H. The van der Waals surface area contributed by atoms with Gasteiger partial charge in [0.15, 0.2) is 0 Å². The smallest absolute Gasteiger partial charge is 0.137 e. The van der Waals surface area contributed by atoms with Crippen LogP contribution in [0.25, 0.3) is 226 Å². The Bertz CT molecular complexity index is 9100. The van der Waals surface area contributed by atoms with Crippen molar-refractivity contribution in [3.05, 3.63) is 431 Å². The molecule has 0 radical (unpaired) electrons. The number of imidazole rings is 3. The molecule has 0 aliphatic rings.